The Balaban J connectivity index is 2.28. The summed E-state index contributed by atoms with van der Waals surface area (Å²) >= 11 is 0. The first-order valence-electron chi connectivity index (χ1n) is 5.74. The van der Waals surface area contributed by atoms with E-state index in [1.54, 1.807) is 6.07 Å². The molecule has 0 amide bonds. The Morgan fingerprint density at radius 3 is 2.50 bits per heavy atom. The Labute approximate surface area is 95.0 Å². The van der Waals surface area contributed by atoms with Crippen LogP contribution in [0.1, 0.15) is 48.0 Å². The van der Waals surface area contributed by atoms with Crippen molar-refractivity contribution in [3.05, 3.63) is 40.7 Å². The van der Waals surface area contributed by atoms with E-state index in [1.807, 2.05) is 6.08 Å². The van der Waals surface area contributed by atoms with Gasteiger partial charge in [0.05, 0.1) is 0 Å². The van der Waals surface area contributed by atoms with Gasteiger partial charge in [-0.1, -0.05) is 24.1 Å². The van der Waals surface area contributed by atoms with Crippen molar-refractivity contribution >= 4 is 12.4 Å². The molecule has 0 aliphatic heterocycles. The van der Waals surface area contributed by atoms with E-state index in [-0.39, 0.29) is 5.82 Å². The highest BCUT2D eigenvalue weighted by atomic mass is 19.1. The van der Waals surface area contributed by atoms with Gasteiger partial charge in [0.25, 0.3) is 0 Å². The van der Waals surface area contributed by atoms with E-state index >= 15 is 0 Å². The molecule has 1 saturated carbocycles. The minimum atomic E-state index is -0.354. The Hall–Kier alpha value is -1.44. The molecule has 0 bridgehead atoms. The first-order valence-corrected chi connectivity index (χ1v) is 5.74. The summed E-state index contributed by atoms with van der Waals surface area (Å²) in [7, 11) is 0. The zero-order chi connectivity index (χ0) is 11.4. The van der Waals surface area contributed by atoms with Crippen LogP contribution in [-0.4, -0.2) is 6.29 Å². The van der Waals surface area contributed by atoms with Crippen molar-refractivity contribution in [1.82, 2.24) is 0 Å². The molecule has 0 aromatic heterocycles. The summed E-state index contributed by atoms with van der Waals surface area (Å²) in [6.45, 7) is 0. The fraction of sp³-hybridized carbons (Fsp3) is 0.357. The van der Waals surface area contributed by atoms with Crippen LogP contribution in [0.15, 0.2) is 23.8 Å². The fourth-order valence-electron chi connectivity index (χ4n) is 2.15. The minimum Gasteiger partial charge on any atom is -0.298 e. The maximum Gasteiger partial charge on any atom is 0.150 e. The first-order chi connectivity index (χ1) is 7.79. The summed E-state index contributed by atoms with van der Waals surface area (Å²) in [6.07, 6.45) is 8.72. The standard InChI is InChI=1S/C14H15FO/c15-14-7-6-12(13(9-14)10-16)8-11-4-2-1-3-5-11/h6-10H,1-5H2. The Bertz CT molecular complexity index is 413. The lowest BCUT2D eigenvalue weighted by Gasteiger charge is -2.13. The molecule has 0 radical (unpaired) electrons. The second-order valence-electron chi connectivity index (χ2n) is 4.25. The molecule has 2 heteroatoms. The fourth-order valence-corrected chi connectivity index (χ4v) is 2.15. The van der Waals surface area contributed by atoms with Crippen molar-refractivity contribution in [3.63, 3.8) is 0 Å². The molecule has 1 nitrogen and oxygen atoms in total. The molecule has 1 fully saturated rings. The third-order valence-corrected chi connectivity index (χ3v) is 3.03. The highest BCUT2D eigenvalue weighted by molar-refractivity contribution is 5.82. The summed E-state index contributed by atoms with van der Waals surface area (Å²) < 4.78 is 12.9. The summed E-state index contributed by atoms with van der Waals surface area (Å²) in [5.41, 5.74) is 2.66. The summed E-state index contributed by atoms with van der Waals surface area (Å²) in [6, 6.07) is 4.38. The van der Waals surface area contributed by atoms with Crippen molar-refractivity contribution in [1.29, 1.82) is 0 Å². The van der Waals surface area contributed by atoms with E-state index in [0.717, 1.165) is 24.7 Å². The lowest BCUT2D eigenvalue weighted by Crippen LogP contribution is -1.95. The molecule has 0 atom stereocenters. The average Bonchev–Trinajstić information content (AvgIpc) is 2.33. The van der Waals surface area contributed by atoms with Crippen LogP contribution in [0.3, 0.4) is 0 Å². The van der Waals surface area contributed by atoms with Crippen LogP contribution < -0.4 is 0 Å². The largest absolute Gasteiger partial charge is 0.298 e. The molecule has 0 N–H and O–H groups in total. The van der Waals surface area contributed by atoms with Gasteiger partial charge in [0.1, 0.15) is 5.82 Å². The van der Waals surface area contributed by atoms with Crippen molar-refractivity contribution < 1.29 is 9.18 Å². The van der Waals surface area contributed by atoms with Crippen LogP contribution in [0.4, 0.5) is 4.39 Å². The maximum absolute atomic E-state index is 12.9. The SMILES string of the molecule is O=Cc1cc(F)ccc1C=C1CCCCC1. The minimum absolute atomic E-state index is 0.354. The molecule has 1 aliphatic carbocycles. The van der Waals surface area contributed by atoms with Gasteiger partial charge in [-0.2, -0.15) is 0 Å². The van der Waals surface area contributed by atoms with Crippen molar-refractivity contribution in [2.24, 2.45) is 0 Å². The van der Waals surface area contributed by atoms with E-state index < -0.39 is 0 Å². The molecule has 1 aromatic rings. The predicted octanol–water partition coefficient (Wildman–Crippen LogP) is 3.99. The Morgan fingerprint density at radius 2 is 1.81 bits per heavy atom. The second-order valence-corrected chi connectivity index (χ2v) is 4.25. The molecular weight excluding hydrogens is 203 g/mol. The number of hydrogen-bond acceptors (Lipinski definition) is 1. The smallest absolute Gasteiger partial charge is 0.150 e. The van der Waals surface area contributed by atoms with Crippen LogP contribution in [0.25, 0.3) is 6.08 Å². The maximum atomic E-state index is 12.9. The zero-order valence-corrected chi connectivity index (χ0v) is 9.21. The predicted molar refractivity (Wildman–Crippen MR) is 62.8 cm³/mol. The number of carbonyl (C=O) groups excluding carboxylic acids is 1. The normalized spacial score (nSPS) is 15.9. The monoisotopic (exact) mass is 218 g/mol. The molecule has 0 saturated heterocycles. The number of carbonyl (C=O) groups is 1. The molecule has 16 heavy (non-hydrogen) atoms. The molecule has 1 aromatic carbocycles. The summed E-state index contributed by atoms with van der Waals surface area (Å²) in [5.74, 6) is -0.354. The van der Waals surface area contributed by atoms with Crippen LogP contribution in [-0.2, 0) is 0 Å². The van der Waals surface area contributed by atoms with E-state index in [0.29, 0.717) is 5.56 Å². The van der Waals surface area contributed by atoms with Gasteiger partial charge in [-0.05, 0) is 43.4 Å². The van der Waals surface area contributed by atoms with Gasteiger partial charge in [0, 0.05) is 5.56 Å². The van der Waals surface area contributed by atoms with E-state index in [4.69, 9.17) is 0 Å². The summed E-state index contributed by atoms with van der Waals surface area (Å²) in [5, 5.41) is 0. The molecular formula is C14H15FO. The van der Waals surface area contributed by atoms with Gasteiger partial charge in [-0.25, -0.2) is 4.39 Å². The van der Waals surface area contributed by atoms with Gasteiger partial charge >= 0.3 is 0 Å². The van der Waals surface area contributed by atoms with Gasteiger partial charge in [-0.3, -0.25) is 4.79 Å². The molecule has 84 valence electrons. The average molecular weight is 218 g/mol. The number of benzene rings is 1. The lowest BCUT2D eigenvalue weighted by atomic mass is 9.92. The molecule has 0 heterocycles. The van der Waals surface area contributed by atoms with Crippen LogP contribution in [0.2, 0.25) is 0 Å². The van der Waals surface area contributed by atoms with Crippen molar-refractivity contribution in [2.45, 2.75) is 32.1 Å². The number of halogens is 1. The highest BCUT2D eigenvalue weighted by Crippen LogP contribution is 2.25. The van der Waals surface area contributed by atoms with E-state index in [2.05, 4.69) is 0 Å². The highest BCUT2D eigenvalue weighted by Gasteiger charge is 2.07. The number of hydrogen-bond donors (Lipinski definition) is 0. The third-order valence-electron chi connectivity index (χ3n) is 3.03. The molecule has 2 rings (SSSR count). The zero-order valence-electron chi connectivity index (χ0n) is 9.21. The first kappa shape index (κ1) is 11.1. The Morgan fingerprint density at radius 1 is 1.06 bits per heavy atom. The lowest BCUT2D eigenvalue weighted by molar-refractivity contribution is 0.112. The summed E-state index contributed by atoms with van der Waals surface area (Å²) in [4.78, 5) is 10.8. The van der Waals surface area contributed by atoms with Crippen LogP contribution >= 0.6 is 0 Å². The topological polar surface area (TPSA) is 17.1 Å². The van der Waals surface area contributed by atoms with Gasteiger partial charge < -0.3 is 0 Å². The number of rotatable bonds is 2. The van der Waals surface area contributed by atoms with Crippen LogP contribution in [0, 0.1) is 5.82 Å². The Kier molecular flexibility index (Phi) is 3.50. The molecule has 0 spiro atoms. The molecule has 1 aliphatic rings. The van der Waals surface area contributed by atoms with Crippen LogP contribution in [0.5, 0.6) is 0 Å². The number of aldehydes is 1. The second kappa shape index (κ2) is 5.06. The third kappa shape index (κ3) is 2.57. The van der Waals surface area contributed by atoms with Crippen molar-refractivity contribution in [2.75, 3.05) is 0 Å². The van der Waals surface area contributed by atoms with Gasteiger partial charge in [-0.15, -0.1) is 0 Å². The van der Waals surface area contributed by atoms with Gasteiger partial charge in [0.2, 0.25) is 0 Å². The number of allylic oxidation sites excluding steroid dienone is 1. The van der Waals surface area contributed by atoms with Crippen molar-refractivity contribution in [3.8, 4) is 0 Å². The van der Waals surface area contributed by atoms with E-state index in [9.17, 15) is 9.18 Å². The quantitative estimate of drug-likeness (QED) is 0.686. The molecule has 0 unspecified atom stereocenters. The van der Waals surface area contributed by atoms with E-state index in [1.165, 1.54) is 37.0 Å². The van der Waals surface area contributed by atoms with Gasteiger partial charge in [0.15, 0.2) is 6.29 Å².